The maximum Gasteiger partial charge on any atom is 0.353 e. The lowest BCUT2D eigenvalue weighted by atomic mass is 10.1. The van der Waals surface area contributed by atoms with Crippen LogP contribution in [0.15, 0.2) is 36.4 Å². The minimum atomic E-state index is -0.554. The van der Waals surface area contributed by atoms with Gasteiger partial charge < -0.3 is 9.47 Å². The molecule has 1 aliphatic rings. The molecule has 0 N–H and O–H groups in total. The van der Waals surface area contributed by atoms with Crippen LogP contribution in [0.3, 0.4) is 0 Å². The molecule has 1 unspecified atom stereocenters. The molecule has 3 rings (SSSR count). The first-order valence-corrected chi connectivity index (χ1v) is 7.09. The van der Waals surface area contributed by atoms with Crippen LogP contribution in [0.5, 0.6) is 11.5 Å². The number of ether oxygens (including phenoxy) is 2. The van der Waals surface area contributed by atoms with Gasteiger partial charge in [-0.2, -0.15) is 0 Å². The number of rotatable bonds is 2. The van der Waals surface area contributed by atoms with Gasteiger partial charge in [-0.25, -0.2) is 4.79 Å². The highest BCUT2D eigenvalue weighted by Gasteiger charge is 2.31. The summed E-state index contributed by atoms with van der Waals surface area (Å²) < 4.78 is 11.3. The molecule has 0 spiro atoms. The monoisotopic (exact) mass is 282 g/mol. The van der Waals surface area contributed by atoms with Crippen LogP contribution in [0.1, 0.15) is 22.3 Å². The number of benzene rings is 2. The van der Waals surface area contributed by atoms with E-state index in [0.717, 1.165) is 28.0 Å². The lowest BCUT2D eigenvalue weighted by Gasteiger charge is -2.15. The van der Waals surface area contributed by atoms with Gasteiger partial charge in [-0.15, -0.1) is 0 Å². The van der Waals surface area contributed by atoms with E-state index in [2.05, 4.69) is 0 Å². The third kappa shape index (κ3) is 2.51. The van der Waals surface area contributed by atoms with E-state index in [1.54, 1.807) is 0 Å². The van der Waals surface area contributed by atoms with E-state index >= 15 is 0 Å². The predicted octanol–water partition coefficient (Wildman–Crippen LogP) is 3.52. The molecule has 0 aliphatic carbocycles. The van der Waals surface area contributed by atoms with Crippen molar-refractivity contribution in [3.8, 4) is 11.5 Å². The Balaban J connectivity index is 1.79. The van der Waals surface area contributed by atoms with Crippen molar-refractivity contribution in [2.75, 3.05) is 0 Å². The summed E-state index contributed by atoms with van der Waals surface area (Å²) in [4.78, 5) is 12.4. The molecule has 1 aliphatic heterocycles. The van der Waals surface area contributed by atoms with Crippen molar-refractivity contribution >= 4 is 5.97 Å². The van der Waals surface area contributed by atoms with E-state index in [1.807, 2.05) is 57.2 Å². The molecule has 0 aromatic heterocycles. The summed E-state index contributed by atoms with van der Waals surface area (Å²) in [7, 11) is 0. The fraction of sp³-hybridized carbons (Fsp3) is 0.278. The second kappa shape index (κ2) is 5.24. The predicted molar refractivity (Wildman–Crippen MR) is 80.9 cm³/mol. The van der Waals surface area contributed by atoms with Crippen molar-refractivity contribution in [1.82, 2.24) is 0 Å². The van der Waals surface area contributed by atoms with Gasteiger partial charge in [-0.1, -0.05) is 30.3 Å². The van der Waals surface area contributed by atoms with Crippen molar-refractivity contribution in [2.45, 2.75) is 33.3 Å². The largest absolute Gasteiger partial charge is 0.478 e. The Labute approximate surface area is 124 Å². The highest BCUT2D eigenvalue weighted by molar-refractivity contribution is 5.80. The normalized spacial score (nSPS) is 16.2. The summed E-state index contributed by atoms with van der Waals surface area (Å²) in [6.07, 6.45) is 0.0144. The molecule has 3 nitrogen and oxygen atoms in total. The molecule has 3 heteroatoms. The molecule has 2 aromatic rings. The fourth-order valence-corrected chi connectivity index (χ4v) is 2.56. The van der Waals surface area contributed by atoms with E-state index in [4.69, 9.17) is 9.47 Å². The molecule has 0 fully saturated rings. The fourth-order valence-electron chi connectivity index (χ4n) is 2.56. The molecule has 1 heterocycles. The highest BCUT2D eigenvalue weighted by Crippen LogP contribution is 2.30. The van der Waals surface area contributed by atoms with Crippen molar-refractivity contribution in [3.63, 3.8) is 0 Å². The molecule has 0 radical (unpaired) electrons. The van der Waals surface area contributed by atoms with Crippen LogP contribution >= 0.6 is 0 Å². The standard InChI is InChI=1S/C18H18O3/c1-11-8-9-12(2)17(13(11)3)21-18(19)16-10-14-6-4-5-7-15(14)20-16/h4-9,16H,10H2,1-3H3. The van der Waals surface area contributed by atoms with Crippen LogP contribution in [-0.2, 0) is 11.2 Å². The molecule has 0 saturated carbocycles. The smallest absolute Gasteiger partial charge is 0.353 e. The van der Waals surface area contributed by atoms with E-state index in [-0.39, 0.29) is 5.97 Å². The van der Waals surface area contributed by atoms with Crippen LogP contribution in [-0.4, -0.2) is 12.1 Å². The van der Waals surface area contributed by atoms with Gasteiger partial charge in [-0.05, 0) is 49.1 Å². The average Bonchev–Trinajstić information content (AvgIpc) is 2.91. The first kappa shape index (κ1) is 13.7. The summed E-state index contributed by atoms with van der Waals surface area (Å²) in [5.41, 5.74) is 4.12. The Morgan fingerprint density at radius 3 is 2.57 bits per heavy atom. The number of carbonyl (C=O) groups excluding carboxylic acids is 1. The van der Waals surface area contributed by atoms with E-state index in [0.29, 0.717) is 12.2 Å². The van der Waals surface area contributed by atoms with Gasteiger partial charge >= 0.3 is 5.97 Å². The van der Waals surface area contributed by atoms with Gasteiger partial charge in [0.2, 0.25) is 0 Å². The molecular formula is C18H18O3. The number of para-hydroxylation sites is 1. The number of carbonyl (C=O) groups is 1. The number of hydrogen-bond acceptors (Lipinski definition) is 3. The SMILES string of the molecule is Cc1ccc(C)c(OC(=O)C2Cc3ccccc3O2)c1C. The molecule has 0 bridgehead atoms. The summed E-state index contributed by atoms with van der Waals surface area (Å²) in [5.74, 6) is 1.10. The van der Waals surface area contributed by atoms with Gasteiger partial charge in [0.25, 0.3) is 0 Å². The molecule has 2 aromatic carbocycles. The Morgan fingerprint density at radius 1 is 1.10 bits per heavy atom. The van der Waals surface area contributed by atoms with Gasteiger partial charge in [0, 0.05) is 6.42 Å². The molecule has 108 valence electrons. The topological polar surface area (TPSA) is 35.5 Å². The number of fused-ring (bicyclic) bond motifs is 1. The first-order chi connectivity index (χ1) is 10.1. The maximum atomic E-state index is 12.4. The zero-order chi connectivity index (χ0) is 15.0. The van der Waals surface area contributed by atoms with E-state index in [9.17, 15) is 4.79 Å². The van der Waals surface area contributed by atoms with Gasteiger partial charge in [0.05, 0.1) is 0 Å². The average molecular weight is 282 g/mol. The number of hydrogen-bond donors (Lipinski definition) is 0. The summed E-state index contributed by atoms with van der Waals surface area (Å²) in [6.45, 7) is 5.92. The summed E-state index contributed by atoms with van der Waals surface area (Å²) >= 11 is 0. The molecule has 0 amide bonds. The van der Waals surface area contributed by atoms with Crippen LogP contribution in [0.4, 0.5) is 0 Å². The van der Waals surface area contributed by atoms with Gasteiger partial charge in [0.1, 0.15) is 11.5 Å². The number of esters is 1. The van der Waals surface area contributed by atoms with Crippen LogP contribution < -0.4 is 9.47 Å². The second-order valence-corrected chi connectivity index (χ2v) is 5.49. The molecule has 0 saturated heterocycles. The molecule has 1 atom stereocenters. The van der Waals surface area contributed by atoms with Crippen LogP contribution in [0.2, 0.25) is 0 Å². The molecule has 21 heavy (non-hydrogen) atoms. The van der Waals surface area contributed by atoms with Crippen molar-refractivity contribution < 1.29 is 14.3 Å². The van der Waals surface area contributed by atoms with Crippen LogP contribution in [0.25, 0.3) is 0 Å². The lowest BCUT2D eigenvalue weighted by Crippen LogP contribution is -2.30. The lowest BCUT2D eigenvalue weighted by molar-refractivity contribution is -0.141. The maximum absolute atomic E-state index is 12.4. The van der Waals surface area contributed by atoms with Crippen molar-refractivity contribution in [1.29, 1.82) is 0 Å². The zero-order valence-corrected chi connectivity index (χ0v) is 12.5. The van der Waals surface area contributed by atoms with Gasteiger partial charge in [-0.3, -0.25) is 0 Å². The quantitative estimate of drug-likeness (QED) is 0.624. The first-order valence-electron chi connectivity index (χ1n) is 7.09. The Bertz CT molecular complexity index is 679. The van der Waals surface area contributed by atoms with Crippen molar-refractivity contribution in [2.24, 2.45) is 0 Å². The summed E-state index contributed by atoms with van der Waals surface area (Å²) in [5, 5.41) is 0. The summed E-state index contributed by atoms with van der Waals surface area (Å²) in [6, 6.07) is 11.7. The number of aryl methyl sites for hydroxylation is 2. The van der Waals surface area contributed by atoms with Gasteiger partial charge in [0.15, 0.2) is 6.10 Å². The third-order valence-electron chi connectivity index (χ3n) is 3.99. The Hall–Kier alpha value is -2.29. The Morgan fingerprint density at radius 2 is 1.81 bits per heavy atom. The van der Waals surface area contributed by atoms with E-state index in [1.165, 1.54) is 0 Å². The van der Waals surface area contributed by atoms with Crippen molar-refractivity contribution in [3.05, 3.63) is 58.7 Å². The zero-order valence-electron chi connectivity index (χ0n) is 12.5. The Kier molecular flexibility index (Phi) is 3.42. The van der Waals surface area contributed by atoms with Crippen LogP contribution in [0, 0.1) is 20.8 Å². The molecular weight excluding hydrogens is 264 g/mol. The third-order valence-corrected chi connectivity index (χ3v) is 3.99. The minimum absolute atomic E-state index is 0.331. The second-order valence-electron chi connectivity index (χ2n) is 5.49. The highest BCUT2D eigenvalue weighted by atomic mass is 16.6. The minimum Gasteiger partial charge on any atom is -0.478 e. The van der Waals surface area contributed by atoms with E-state index < -0.39 is 6.10 Å².